The number of nitrogens with zero attached hydrogens (tertiary/aromatic N) is 1. The molecule has 0 radical (unpaired) electrons. The van der Waals surface area contributed by atoms with Gasteiger partial charge < -0.3 is 19.7 Å². The van der Waals surface area contributed by atoms with Crippen molar-refractivity contribution >= 4 is 34.3 Å². The predicted octanol–water partition coefficient (Wildman–Crippen LogP) is 1.54. The molecule has 1 aliphatic heterocycles. The first-order valence-corrected chi connectivity index (χ1v) is 9.99. The van der Waals surface area contributed by atoms with Crippen LogP contribution >= 0.6 is 12.2 Å². The zero-order chi connectivity index (χ0) is 20.5. The average molecular weight is 424 g/mol. The number of hydrogen-bond donors (Lipinski definition) is 3. The zero-order valence-corrected chi connectivity index (χ0v) is 16.8. The summed E-state index contributed by atoms with van der Waals surface area (Å²) in [7, 11) is 0. The summed E-state index contributed by atoms with van der Waals surface area (Å²) in [6.45, 7) is 2.62. The van der Waals surface area contributed by atoms with Gasteiger partial charge in [-0.3, -0.25) is 5.43 Å². The number of hydrazone groups is 1. The molecule has 0 unspecified atom stereocenters. The lowest BCUT2D eigenvalue weighted by Crippen LogP contribution is -3.14. The Hall–Kier alpha value is -2.36. The predicted molar refractivity (Wildman–Crippen MR) is 113 cm³/mol. The molecule has 0 spiro atoms. The molecular formula is C20H25F2N4O2S+. The molecule has 3 rings (SSSR count). The van der Waals surface area contributed by atoms with Crippen LogP contribution in [0, 0.1) is 0 Å². The summed E-state index contributed by atoms with van der Waals surface area (Å²) >= 11 is 5.22. The van der Waals surface area contributed by atoms with Crippen LogP contribution in [0.3, 0.4) is 0 Å². The van der Waals surface area contributed by atoms with E-state index >= 15 is 0 Å². The van der Waals surface area contributed by atoms with E-state index in [0.717, 1.165) is 56.6 Å². The highest BCUT2D eigenvalue weighted by Crippen LogP contribution is 2.27. The summed E-state index contributed by atoms with van der Waals surface area (Å²) in [5.74, 6) is 0.0663. The maximum Gasteiger partial charge on any atom is 0.387 e. The van der Waals surface area contributed by atoms with Crippen LogP contribution in [0.5, 0.6) is 5.75 Å². The van der Waals surface area contributed by atoms with Crippen molar-refractivity contribution in [2.75, 3.05) is 39.4 Å². The molecular weight excluding hydrogens is 398 g/mol. The van der Waals surface area contributed by atoms with E-state index in [1.54, 1.807) is 6.07 Å². The Morgan fingerprint density at radius 3 is 2.83 bits per heavy atom. The monoisotopic (exact) mass is 423 g/mol. The molecule has 1 aliphatic rings. The van der Waals surface area contributed by atoms with E-state index in [1.807, 2.05) is 24.3 Å². The standard InChI is InChI=1S/C20H24F2N4O2S/c21-19(22)28-18-7-6-15-4-1-2-5-16(15)17(18)14-24-25-20(29)23-8-3-9-26-10-12-27-13-11-26/h1-2,4-7,14,19H,3,8-13H2,(H2,23,25,29)/p+1/b24-14-. The molecule has 29 heavy (non-hydrogen) atoms. The first-order chi connectivity index (χ1) is 14.1. The molecule has 0 aliphatic carbocycles. The van der Waals surface area contributed by atoms with Crippen LogP contribution in [-0.2, 0) is 4.74 Å². The second kappa shape index (κ2) is 11.0. The van der Waals surface area contributed by atoms with Crippen molar-refractivity contribution in [3.05, 3.63) is 42.0 Å². The first kappa shape index (κ1) is 21.4. The van der Waals surface area contributed by atoms with Crippen molar-refractivity contribution in [2.24, 2.45) is 5.10 Å². The topological polar surface area (TPSA) is 59.3 Å². The number of halogens is 2. The fourth-order valence-corrected chi connectivity index (χ4v) is 3.41. The highest BCUT2D eigenvalue weighted by Gasteiger charge is 2.13. The number of quaternary nitrogens is 1. The Labute approximate surface area is 173 Å². The first-order valence-electron chi connectivity index (χ1n) is 9.58. The maximum atomic E-state index is 12.7. The van der Waals surface area contributed by atoms with Crippen LogP contribution in [0.1, 0.15) is 12.0 Å². The number of rotatable bonds is 8. The molecule has 2 aromatic carbocycles. The minimum atomic E-state index is -2.91. The van der Waals surface area contributed by atoms with E-state index in [2.05, 4.69) is 20.6 Å². The summed E-state index contributed by atoms with van der Waals surface area (Å²) in [4.78, 5) is 1.54. The molecule has 0 atom stereocenters. The lowest BCUT2D eigenvalue weighted by atomic mass is 10.0. The van der Waals surface area contributed by atoms with Gasteiger partial charge in [-0.1, -0.05) is 30.3 Å². The molecule has 1 heterocycles. The Balaban J connectivity index is 1.53. The molecule has 0 bridgehead atoms. The van der Waals surface area contributed by atoms with Gasteiger partial charge in [-0.15, -0.1) is 0 Å². The Morgan fingerprint density at radius 2 is 2.03 bits per heavy atom. The third kappa shape index (κ3) is 6.59. The third-order valence-electron chi connectivity index (χ3n) is 4.70. The van der Waals surface area contributed by atoms with Crippen LogP contribution in [0.15, 0.2) is 41.5 Å². The minimum Gasteiger partial charge on any atom is -0.434 e. The van der Waals surface area contributed by atoms with E-state index in [1.165, 1.54) is 17.2 Å². The van der Waals surface area contributed by atoms with Gasteiger partial charge in [0.05, 0.1) is 26.0 Å². The van der Waals surface area contributed by atoms with Crippen LogP contribution in [-0.4, -0.2) is 57.3 Å². The number of benzene rings is 2. The van der Waals surface area contributed by atoms with Gasteiger partial charge in [-0.2, -0.15) is 13.9 Å². The Morgan fingerprint density at radius 1 is 1.24 bits per heavy atom. The van der Waals surface area contributed by atoms with Crippen molar-refractivity contribution in [3.8, 4) is 5.75 Å². The number of hydrogen-bond acceptors (Lipinski definition) is 4. The second-order valence-electron chi connectivity index (χ2n) is 6.67. The summed E-state index contributed by atoms with van der Waals surface area (Å²) < 4.78 is 35.5. The van der Waals surface area contributed by atoms with Crippen molar-refractivity contribution in [1.82, 2.24) is 10.7 Å². The molecule has 156 valence electrons. The molecule has 3 N–H and O–H groups in total. The van der Waals surface area contributed by atoms with Crippen molar-refractivity contribution < 1.29 is 23.2 Å². The molecule has 0 aromatic heterocycles. The minimum absolute atomic E-state index is 0.0663. The number of alkyl halides is 2. The van der Waals surface area contributed by atoms with Gasteiger partial charge in [0.15, 0.2) is 5.11 Å². The third-order valence-corrected chi connectivity index (χ3v) is 4.93. The summed E-state index contributed by atoms with van der Waals surface area (Å²) in [6, 6.07) is 10.7. The average Bonchev–Trinajstić information content (AvgIpc) is 2.73. The van der Waals surface area contributed by atoms with Crippen LogP contribution < -0.4 is 20.4 Å². The quantitative estimate of drug-likeness (QED) is 0.260. The maximum absolute atomic E-state index is 12.7. The van der Waals surface area contributed by atoms with Crippen LogP contribution in [0.4, 0.5) is 8.78 Å². The number of morpholine rings is 1. The summed E-state index contributed by atoms with van der Waals surface area (Å²) in [6.07, 6.45) is 2.43. The Kier molecular flexibility index (Phi) is 8.09. The van der Waals surface area contributed by atoms with E-state index in [9.17, 15) is 8.78 Å². The van der Waals surface area contributed by atoms with Crippen molar-refractivity contribution in [2.45, 2.75) is 13.0 Å². The number of thiocarbonyl (C=S) groups is 1. The van der Waals surface area contributed by atoms with Gasteiger partial charge in [0.2, 0.25) is 0 Å². The van der Waals surface area contributed by atoms with Crippen LogP contribution in [0.25, 0.3) is 10.8 Å². The fourth-order valence-electron chi connectivity index (χ4n) is 3.25. The number of nitrogens with one attached hydrogen (secondary N) is 3. The van der Waals surface area contributed by atoms with Gasteiger partial charge >= 0.3 is 6.61 Å². The van der Waals surface area contributed by atoms with Gasteiger partial charge in [0.1, 0.15) is 18.8 Å². The lowest BCUT2D eigenvalue weighted by molar-refractivity contribution is -0.908. The van der Waals surface area contributed by atoms with Crippen LogP contribution in [0.2, 0.25) is 0 Å². The van der Waals surface area contributed by atoms with E-state index in [-0.39, 0.29) is 5.75 Å². The second-order valence-corrected chi connectivity index (χ2v) is 7.08. The highest BCUT2D eigenvalue weighted by atomic mass is 32.1. The SMILES string of the molecule is FC(F)Oc1ccc2ccccc2c1/C=N\NC(=S)NCCC[NH+]1CCOCC1. The summed E-state index contributed by atoms with van der Waals surface area (Å²) in [5.41, 5.74) is 3.20. The molecule has 9 heteroatoms. The van der Waals surface area contributed by atoms with Gasteiger partial charge in [0.25, 0.3) is 0 Å². The van der Waals surface area contributed by atoms with Gasteiger partial charge in [0, 0.05) is 18.5 Å². The fraction of sp³-hybridized carbons (Fsp3) is 0.400. The molecule has 1 fully saturated rings. The zero-order valence-electron chi connectivity index (χ0n) is 16.0. The highest BCUT2D eigenvalue weighted by molar-refractivity contribution is 7.80. The smallest absolute Gasteiger partial charge is 0.387 e. The molecule has 2 aromatic rings. The molecule has 0 saturated carbocycles. The number of fused-ring (bicyclic) bond motifs is 1. The van der Waals surface area contributed by atoms with Crippen molar-refractivity contribution in [1.29, 1.82) is 0 Å². The largest absolute Gasteiger partial charge is 0.434 e. The Bertz CT molecular complexity index is 844. The molecule has 6 nitrogen and oxygen atoms in total. The van der Waals surface area contributed by atoms with Crippen molar-refractivity contribution in [3.63, 3.8) is 0 Å². The summed E-state index contributed by atoms with van der Waals surface area (Å²) in [5, 5.41) is 9.26. The van der Waals surface area contributed by atoms with E-state index in [4.69, 9.17) is 17.0 Å². The van der Waals surface area contributed by atoms with Gasteiger partial charge in [-0.05, 0) is 29.1 Å². The molecule has 1 saturated heterocycles. The van der Waals surface area contributed by atoms with E-state index in [0.29, 0.717) is 10.7 Å². The normalized spacial score (nSPS) is 15.1. The van der Waals surface area contributed by atoms with E-state index < -0.39 is 6.61 Å². The number of ether oxygens (including phenoxy) is 2. The van der Waals surface area contributed by atoms with Gasteiger partial charge in [-0.25, -0.2) is 0 Å². The lowest BCUT2D eigenvalue weighted by Gasteiger charge is -2.23. The molecule has 0 amide bonds.